The summed E-state index contributed by atoms with van der Waals surface area (Å²) in [6, 6.07) is 0. The van der Waals surface area contributed by atoms with Gasteiger partial charge in [0.2, 0.25) is 0 Å². The number of amides is 1. The van der Waals surface area contributed by atoms with Gasteiger partial charge in [-0.25, -0.2) is 24.4 Å². The maximum Gasteiger partial charge on any atom is 0.410 e. The molecule has 4 rings (SSSR count). The molecule has 0 saturated carbocycles. The fraction of sp³-hybridized carbons (Fsp3) is 0.667. The smallest absolute Gasteiger partial charge is 0.410 e. The van der Waals surface area contributed by atoms with E-state index in [4.69, 9.17) is 14.2 Å². The predicted octanol–water partition coefficient (Wildman–Crippen LogP) is 3.61. The van der Waals surface area contributed by atoms with E-state index in [1.54, 1.807) is 32.8 Å². The third kappa shape index (κ3) is 10.2. The molecule has 0 atom stereocenters. The molecule has 2 saturated heterocycles. The number of esters is 2. The molecule has 17 heteroatoms. The van der Waals surface area contributed by atoms with Crippen LogP contribution < -0.4 is 25.8 Å². The summed E-state index contributed by atoms with van der Waals surface area (Å²) in [5, 5.41) is 12.4. The van der Waals surface area contributed by atoms with Gasteiger partial charge in [0.15, 0.2) is 21.7 Å². The minimum absolute atomic E-state index is 0. The molecule has 4 heterocycles. The zero-order valence-corrected chi connectivity index (χ0v) is 28.9. The number of piperazine rings is 2. The third-order valence-corrected chi connectivity index (χ3v) is 8.48. The van der Waals surface area contributed by atoms with Crippen molar-refractivity contribution < 1.29 is 28.6 Å². The van der Waals surface area contributed by atoms with Crippen molar-refractivity contribution in [1.82, 2.24) is 20.2 Å². The number of nitrogens with one attached hydrogen (secondary N) is 3. The predicted molar refractivity (Wildman–Crippen MR) is 178 cm³/mol. The molecule has 44 heavy (non-hydrogen) atoms. The molecule has 3 N–H and O–H groups in total. The van der Waals surface area contributed by atoms with E-state index in [2.05, 4.69) is 35.7 Å². The summed E-state index contributed by atoms with van der Waals surface area (Å²) in [5.74, 6) is -0.791. The molecule has 2 fully saturated rings. The Kier molecular flexibility index (Phi) is 14.7. The minimum Gasteiger partial charge on any atom is -0.461 e. The summed E-state index contributed by atoms with van der Waals surface area (Å²) in [4.78, 5) is 50.7. The van der Waals surface area contributed by atoms with E-state index < -0.39 is 11.6 Å². The molecule has 0 radical (unpaired) electrons. The van der Waals surface area contributed by atoms with Crippen LogP contribution in [0.5, 0.6) is 0 Å². The van der Waals surface area contributed by atoms with Crippen LogP contribution >= 0.6 is 35.1 Å². The van der Waals surface area contributed by atoms with Gasteiger partial charge in [0, 0.05) is 66.5 Å². The summed E-state index contributed by atoms with van der Waals surface area (Å²) in [6.45, 7) is 15.9. The Balaban J connectivity index is 0.000000315. The van der Waals surface area contributed by atoms with Crippen molar-refractivity contribution in [3.63, 3.8) is 0 Å². The third-order valence-electron chi connectivity index (χ3n) is 6.21. The van der Waals surface area contributed by atoms with Crippen LogP contribution in [0.3, 0.4) is 0 Å². The van der Waals surface area contributed by atoms with Crippen molar-refractivity contribution in [3.8, 4) is 0 Å². The minimum atomic E-state index is -0.500. The summed E-state index contributed by atoms with van der Waals surface area (Å²) < 4.78 is 15.5. The zero-order chi connectivity index (χ0) is 31.6. The van der Waals surface area contributed by atoms with Crippen LogP contribution in [0.1, 0.15) is 55.6 Å². The number of halogens is 1. The van der Waals surface area contributed by atoms with Crippen molar-refractivity contribution in [2.75, 3.05) is 100 Å². The van der Waals surface area contributed by atoms with E-state index >= 15 is 0 Å². The lowest BCUT2D eigenvalue weighted by molar-refractivity contribution is 0.0240. The lowest BCUT2D eigenvalue weighted by Crippen LogP contribution is -2.50. The first-order valence-electron chi connectivity index (χ1n) is 14.4. The van der Waals surface area contributed by atoms with Crippen molar-refractivity contribution >= 4 is 73.4 Å². The SMILES string of the molecule is CCOC(=O)c1nc(N2CCN(C(=O)OC(C)(C)C)CC2)sc1NC.CCOC(=O)c1nc(N2CCNCC2)sc1NC.Cl. The normalized spacial score (nSPS) is 14.9. The van der Waals surface area contributed by atoms with Crippen molar-refractivity contribution in [2.24, 2.45) is 0 Å². The van der Waals surface area contributed by atoms with Crippen LogP contribution in [-0.2, 0) is 14.2 Å². The number of hydrogen-bond donors (Lipinski definition) is 3. The van der Waals surface area contributed by atoms with Crippen LogP contribution in [0, 0.1) is 0 Å². The first kappa shape index (κ1) is 37.1. The maximum absolute atomic E-state index is 12.1. The Labute approximate surface area is 273 Å². The standard InChI is InChI=1S/C16H26N4O4S.C11H18N4O2S.ClH/c1-6-23-13(21)11-12(17-5)25-14(18-11)19-7-9-20(10-8-19)15(22)24-16(2,3)4;1-3-17-10(16)8-9(12-2)18-11(14-8)15-6-4-13-5-7-15;/h17H,6-10H2,1-5H3;12-13H,3-7H2,1-2H3;1H. The van der Waals surface area contributed by atoms with Gasteiger partial charge in [-0.05, 0) is 34.6 Å². The molecule has 0 aromatic carbocycles. The van der Waals surface area contributed by atoms with E-state index in [0.717, 1.165) is 41.4 Å². The molecule has 2 aliphatic rings. The number of thiazole rings is 2. The van der Waals surface area contributed by atoms with Gasteiger partial charge in [-0.3, -0.25) is 0 Å². The Bertz CT molecular complexity index is 1220. The molecule has 0 bridgehead atoms. The molecule has 2 aromatic rings. The number of carbonyl (C=O) groups excluding carboxylic acids is 3. The van der Waals surface area contributed by atoms with E-state index in [9.17, 15) is 14.4 Å². The largest absolute Gasteiger partial charge is 0.461 e. The van der Waals surface area contributed by atoms with E-state index in [-0.39, 0.29) is 24.5 Å². The Hall–Kier alpha value is -3.08. The molecule has 1 amide bonds. The number of rotatable bonds is 8. The molecule has 2 aromatic heterocycles. The highest BCUT2D eigenvalue weighted by Gasteiger charge is 2.29. The summed E-state index contributed by atoms with van der Waals surface area (Å²) in [5.41, 5.74) is 0.191. The Morgan fingerprint density at radius 2 is 1.23 bits per heavy atom. The number of aromatic nitrogens is 2. The molecular formula is C27H45ClN8O6S2. The van der Waals surface area contributed by atoms with E-state index in [0.29, 0.717) is 55.8 Å². The van der Waals surface area contributed by atoms with Crippen LogP contribution in [0.4, 0.5) is 25.1 Å². The lowest BCUT2D eigenvalue weighted by atomic mass is 10.2. The lowest BCUT2D eigenvalue weighted by Gasteiger charge is -2.35. The number of anilines is 4. The molecule has 0 aliphatic carbocycles. The summed E-state index contributed by atoms with van der Waals surface area (Å²) in [7, 11) is 3.54. The maximum atomic E-state index is 12.1. The van der Waals surface area contributed by atoms with Gasteiger partial charge < -0.3 is 44.9 Å². The zero-order valence-electron chi connectivity index (χ0n) is 26.5. The Morgan fingerprint density at radius 1 is 0.795 bits per heavy atom. The average molecular weight is 677 g/mol. The Morgan fingerprint density at radius 3 is 1.61 bits per heavy atom. The second-order valence-corrected chi connectivity index (χ2v) is 12.4. The van der Waals surface area contributed by atoms with Crippen LogP contribution in [0.2, 0.25) is 0 Å². The second-order valence-electron chi connectivity index (χ2n) is 10.5. The molecule has 2 aliphatic heterocycles. The highest BCUT2D eigenvalue weighted by Crippen LogP contribution is 2.33. The quantitative estimate of drug-likeness (QED) is 0.276. The van der Waals surface area contributed by atoms with Crippen LogP contribution in [0.25, 0.3) is 0 Å². The van der Waals surface area contributed by atoms with Gasteiger partial charge in [-0.15, -0.1) is 12.4 Å². The van der Waals surface area contributed by atoms with Crippen LogP contribution in [-0.4, -0.2) is 118 Å². The van der Waals surface area contributed by atoms with Gasteiger partial charge in [0.25, 0.3) is 0 Å². The topological polar surface area (TPSA) is 150 Å². The van der Waals surface area contributed by atoms with Gasteiger partial charge in [0.1, 0.15) is 15.6 Å². The van der Waals surface area contributed by atoms with Crippen molar-refractivity contribution in [1.29, 1.82) is 0 Å². The first-order valence-corrected chi connectivity index (χ1v) is 16.0. The highest BCUT2D eigenvalue weighted by atomic mass is 35.5. The van der Waals surface area contributed by atoms with Crippen LogP contribution in [0.15, 0.2) is 0 Å². The summed E-state index contributed by atoms with van der Waals surface area (Å²) in [6.07, 6.45) is -0.297. The fourth-order valence-corrected chi connectivity index (χ4v) is 6.08. The highest BCUT2D eigenvalue weighted by molar-refractivity contribution is 7.20. The fourth-order valence-electron chi connectivity index (χ4n) is 4.17. The molecule has 14 nitrogen and oxygen atoms in total. The summed E-state index contributed by atoms with van der Waals surface area (Å²) >= 11 is 2.90. The van der Waals surface area contributed by atoms with Crippen molar-refractivity contribution in [3.05, 3.63) is 11.4 Å². The number of carbonyl (C=O) groups is 3. The monoisotopic (exact) mass is 676 g/mol. The average Bonchev–Trinajstić information content (AvgIpc) is 3.63. The first-order chi connectivity index (χ1) is 20.5. The number of nitrogens with zero attached hydrogens (tertiary/aromatic N) is 5. The van der Waals surface area contributed by atoms with Gasteiger partial charge >= 0.3 is 18.0 Å². The molecule has 0 spiro atoms. The van der Waals surface area contributed by atoms with Gasteiger partial charge in [-0.1, -0.05) is 22.7 Å². The van der Waals surface area contributed by atoms with Gasteiger partial charge in [0.05, 0.1) is 13.2 Å². The molecular weight excluding hydrogens is 632 g/mol. The molecule has 0 unspecified atom stereocenters. The van der Waals surface area contributed by atoms with E-state index in [1.807, 2.05) is 20.8 Å². The number of hydrogen-bond acceptors (Lipinski definition) is 15. The second kappa shape index (κ2) is 17.4. The van der Waals surface area contributed by atoms with Crippen molar-refractivity contribution in [2.45, 2.75) is 40.2 Å². The number of ether oxygens (including phenoxy) is 3. The molecule has 248 valence electrons. The van der Waals surface area contributed by atoms with Gasteiger partial charge in [-0.2, -0.15) is 0 Å². The van der Waals surface area contributed by atoms with E-state index in [1.165, 1.54) is 22.7 Å².